The molecule has 4 rings (SSSR count). The van der Waals surface area contributed by atoms with E-state index >= 15 is 0 Å². The topological polar surface area (TPSA) is 43.8 Å². The van der Waals surface area contributed by atoms with Gasteiger partial charge in [-0.25, -0.2) is 0 Å². The number of aliphatic hydroxyl groups excluding tert-OH is 1. The lowest BCUT2D eigenvalue weighted by Gasteiger charge is -2.32. The summed E-state index contributed by atoms with van der Waals surface area (Å²) in [6, 6.07) is 6.84. The third kappa shape index (κ3) is 5.37. The Morgan fingerprint density at radius 1 is 1.14 bits per heavy atom. The molecule has 3 aliphatic rings. The predicted molar refractivity (Wildman–Crippen MR) is 117 cm³/mol. The summed E-state index contributed by atoms with van der Waals surface area (Å²) in [6.45, 7) is 6.38. The highest BCUT2D eigenvalue weighted by Gasteiger charge is 2.23. The second kappa shape index (κ2) is 9.27. The fourth-order valence-corrected chi connectivity index (χ4v) is 4.99. The molecular weight excluding hydrogens is 360 g/mol. The number of nitrogens with zero attached hydrogens (tertiary/aromatic N) is 2. The van der Waals surface area contributed by atoms with Crippen molar-refractivity contribution in [3.8, 4) is 0 Å². The SMILES string of the molecule is CC(=O)CN1CCC(CC(O)Cc2ccc3c(c2)CCN(C2=CC=C2)CC3)CC1. The molecule has 0 saturated carbocycles. The van der Waals surface area contributed by atoms with Crippen molar-refractivity contribution in [2.24, 2.45) is 5.92 Å². The number of hydrogen-bond acceptors (Lipinski definition) is 4. The summed E-state index contributed by atoms with van der Waals surface area (Å²) in [5, 5.41) is 10.7. The molecule has 1 aliphatic carbocycles. The second-order valence-electron chi connectivity index (χ2n) is 9.06. The first-order valence-electron chi connectivity index (χ1n) is 11.2. The molecule has 0 bridgehead atoms. The molecule has 29 heavy (non-hydrogen) atoms. The molecule has 2 aliphatic heterocycles. The van der Waals surface area contributed by atoms with Gasteiger partial charge in [-0.3, -0.25) is 9.69 Å². The van der Waals surface area contributed by atoms with Crippen molar-refractivity contribution in [2.45, 2.75) is 51.6 Å². The highest BCUT2D eigenvalue weighted by Crippen LogP contribution is 2.25. The normalized spacial score (nSPS) is 21.2. The number of hydrogen-bond donors (Lipinski definition) is 1. The van der Waals surface area contributed by atoms with E-state index in [1.165, 1.54) is 22.4 Å². The van der Waals surface area contributed by atoms with Crippen molar-refractivity contribution in [1.82, 2.24) is 9.80 Å². The van der Waals surface area contributed by atoms with Crippen LogP contribution in [-0.4, -0.2) is 59.5 Å². The highest BCUT2D eigenvalue weighted by atomic mass is 16.3. The van der Waals surface area contributed by atoms with E-state index in [0.717, 1.165) is 64.7 Å². The summed E-state index contributed by atoms with van der Waals surface area (Å²) in [5.74, 6) is 0.821. The summed E-state index contributed by atoms with van der Waals surface area (Å²) in [5.41, 5.74) is 5.55. The van der Waals surface area contributed by atoms with Crippen LogP contribution in [-0.2, 0) is 24.1 Å². The van der Waals surface area contributed by atoms with Crippen molar-refractivity contribution in [3.05, 3.63) is 58.8 Å². The van der Waals surface area contributed by atoms with E-state index in [4.69, 9.17) is 0 Å². The van der Waals surface area contributed by atoms with Crippen molar-refractivity contribution >= 4 is 5.78 Å². The fraction of sp³-hybridized carbons (Fsp3) is 0.560. The zero-order valence-electron chi connectivity index (χ0n) is 17.6. The van der Waals surface area contributed by atoms with Crippen LogP contribution in [0.2, 0.25) is 0 Å². The molecule has 1 unspecified atom stereocenters. The molecule has 2 heterocycles. The first-order chi connectivity index (χ1) is 14.1. The van der Waals surface area contributed by atoms with E-state index < -0.39 is 0 Å². The van der Waals surface area contributed by atoms with Gasteiger partial charge in [0.2, 0.25) is 0 Å². The van der Waals surface area contributed by atoms with Crippen LogP contribution < -0.4 is 0 Å². The number of allylic oxidation sites excluding steroid dienone is 3. The number of carbonyl (C=O) groups excluding carboxylic acids is 1. The fourth-order valence-electron chi connectivity index (χ4n) is 4.99. The molecule has 4 heteroatoms. The van der Waals surface area contributed by atoms with Crippen LogP contribution in [0.3, 0.4) is 0 Å². The van der Waals surface area contributed by atoms with Crippen LogP contribution in [0.4, 0.5) is 0 Å². The summed E-state index contributed by atoms with van der Waals surface area (Å²) in [6.07, 6.45) is 12.2. The Balaban J connectivity index is 1.27. The monoisotopic (exact) mass is 394 g/mol. The van der Waals surface area contributed by atoms with Gasteiger partial charge >= 0.3 is 0 Å². The zero-order chi connectivity index (χ0) is 20.2. The molecule has 1 aromatic rings. The zero-order valence-corrected chi connectivity index (χ0v) is 17.6. The Kier molecular flexibility index (Phi) is 6.51. The van der Waals surface area contributed by atoms with Crippen molar-refractivity contribution in [3.63, 3.8) is 0 Å². The highest BCUT2D eigenvalue weighted by molar-refractivity contribution is 5.77. The molecule has 0 spiro atoms. The molecular formula is C25H34N2O2. The number of Topliss-reactive ketones (excluding diaryl/α,β-unsaturated/α-hetero) is 1. The third-order valence-electron chi connectivity index (χ3n) is 6.70. The maximum atomic E-state index is 11.3. The smallest absolute Gasteiger partial charge is 0.143 e. The van der Waals surface area contributed by atoms with Crippen LogP contribution in [0.25, 0.3) is 0 Å². The lowest BCUT2D eigenvalue weighted by Crippen LogP contribution is -2.37. The number of carbonyl (C=O) groups is 1. The van der Waals surface area contributed by atoms with E-state index in [2.05, 4.69) is 46.2 Å². The van der Waals surface area contributed by atoms with E-state index in [1.807, 2.05) is 0 Å². The van der Waals surface area contributed by atoms with Gasteiger partial charge in [0.05, 0.1) is 12.6 Å². The predicted octanol–water partition coefficient (Wildman–Crippen LogP) is 3.14. The van der Waals surface area contributed by atoms with Gasteiger partial charge in [-0.2, -0.15) is 0 Å². The standard InChI is InChI=1S/C25H34N2O2/c1-19(28)18-26-11-7-20(8-12-26)16-25(29)17-21-5-6-22-9-13-27(24-3-2-4-24)14-10-23(22)15-21/h2-6,15,20,25,29H,7-14,16-18H2,1H3. The van der Waals surface area contributed by atoms with E-state index in [9.17, 15) is 9.90 Å². The number of fused-ring (bicyclic) bond motifs is 1. The van der Waals surface area contributed by atoms with E-state index in [-0.39, 0.29) is 11.9 Å². The number of rotatable bonds is 7. The summed E-state index contributed by atoms with van der Waals surface area (Å²) in [4.78, 5) is 16.0. The molecule has 1 aromatic carbocycles. The summed E-state index contributed by atoms with van der Waals surface area (Å²) >= 11 is 0. The molecule has 0 amide bonds. The number of aliphatic hydroxyl groups is 1. The summed E-state index contributed by atoms with van der Waals surface area (Å²) < 4.78 is 0. The van der Waals surface area contributed by atoms with E-state index in [1.54, 1.807) is 6.92 Å². The second-order valence-corrected chi connectivity index (χ2v) is 9.06. The van der Waals surface area contributed by atoms with E-state index in [0.29, 0.717) is 12.5 Å². The van der Waals surface area contributed by atoms with Crippen LogP contribution in [0.1, 0.15) is 42.9 Å². The number of benzene rings is 1. The van der Waals surface area contributed by atoms with Crippen molar-refractivity contribution in [2.75, 3.05) is 32.7 Å². The maximum absolute atomic E-state index is 11.3. The Bertz CT molecular complexity index is 790. The van der Waals surface area contributed by atoms with Gasteiger partial charge in [0, 0.05) is 18.8 Å². The van der Waals surface area contributed by atoms with Crippen LogP contribution >= 0.6 is 0 Å². The van der Waals surface area contributed by atoms with Crippen LogP contribution in [0, 0.1) is 5.92 Å². The average molecular weight is 395 g/mol. The van der Waals surface area contributed by atoms with Gasteiger partial charge in [0.1, 0.15) is 5.78 Å². The molecule has 1 fully saturated rings. The largest absolute Gasteiger partial charge is 0.393 e. The number of piperidine rings is 1. The van der Waals surface area contributed by atoms with Gasteiger partial charge in [-0.05, 0) is 93.3 Å². The minimum absolute atomic E-state index is 0.246. The minimum Gasteiger partial charge on any atom is -0.393 e. The van der Waals surface area contributed by atoms with Gasteiger partial charge in [0.25, 0.3) is 0 Å². The molecule has 156 valence electrons. The lowest BCUT2D eigenvalue weighted by molar-refractivity contribution is -0.118. The van der Waals surface area contributed by atoms with Crippen LogP contribution in [0.15, 0.2) is 42.1 Å². The quantitative estimate of drug-likeness (QED) is 0.772. The molecule has 4 nitrogen and oxygen atoms in total. The summed E-state index contributed by atoms with van der Waals surface area (Å²) in [7, 11) is 0. The van der Waals surface area contributed by atoms with Crippen molar-refractivity contribution in [1.29, 1.82) is 0 Å². The van der Waals surface area contributed by atoms with Crippen LogP contribution in [0.5, 0.6) is 0 Å². The van der Waals surface area contributed by atoms with Gasteiger partial charge in [0.15, 0.2) is 0 Å². The van der Waals surface area contributed by atoms with Crippen molar-refractivity contribution < 1.29 is 9.90 Å². The Morgan fingerprint density at radius 3 is 2.52 bits per heavy atom. The number of likely N-dealkylation sites (tertiary alicyclic amines) is 1. The Hall–Kier alpha value is -1.91. The number of ketones is 1. The third-order valence-corrected chi connectivity index (χ3v) is 6.70. The molecule has 1 atom stereocenters. The van der Waals surface area contributed by atoms with Gasteiger partial charge < -0.3 is 10.0 Å². The average Bonchev–Trinajstić information content (AvgIpc) is 2.84. The first-order valence-corrected chi connectivity index (χ1v) is 11.2. The molecule has 0 radical (unpaired) electrons. The molecule has 1 N–H and O–H groups in total. The lowest BCUT2D eigenvalue weighted by atomic mass is 9.88. The van der Waals surface area contributed by atoms with Gasteiger partial charge in [-0.1, -0.05) is 24.3 Å². The maximum Gasteiger partial charge on any atom is 0.143 e. The molecule has 1 saturated heterocycles. The Morgan fingerprint density at radius 2 is 1.86 bits per heavy atom. The molecule has 0 aromatic heterocycles. The minimum atomic E-state index is -0.273. The first kappa shape index (κ1) is 20.4. The van der Waals surface area contributed by atoms with Gasteiger partial charge in [-0.15, -0.1) is 0 Å². The Labute approximate surface area is 174 Å².